The van der Waals surface area contributed by atoms with E-state index in [0.717, 1.165) is 35.9 Å². The van der Waals surface area contributed by atoms with Crippen molar-refractivity contribution in [2.75, 3.05) is 11.2 Å². The topological polar surface area (TPSA) is 124 Å². The largest absolute Gasteiger partial charge is 0.396 e. The van der Waals surface area contributed by atoms with Crippen LogP contribution >= 0.6 is 11.3 Å². The van der Waals surface area contributed by atoms with Gasteiger partial charge in [-0.1, -0.05) is 0 Å². The van der Waals surface area contributed by atoms with Crippen LogP contribution in [0.3, 0.4) is 0 Å². The summed E-state index contributed by atoms with van der Waals surface area (Å²) in [6.45, 7) is 0. The average molecular weight is 317 g/mol. The molecule has 0 unspecified atom stereocenters. The molecule has 0 radical (unpaired) electrons. The molecule has 0 spiro atoms. The Labute approximate surface area is 130 Å². The van der Waals surface area contributed by atoms with E-state index in [1.807, 2.05) is 0 Å². The second-order valence-electron chi connectivity index (χ2n) is 5.17. The average Bonchev–Trinajstić information content (AvgIpc) is 2.85. The van der Waals surface area contributed by atoms with Crippen LogP contribution in [0.2, 0.25) is 0 Å². The molecule has 0 fully saturated rings. The Morgan fingerprint density at radius 1 is 1.41 bits per heavy atom. The molecule has 0 aliphatic heterocycles. The summed E-state index contributed by atoms with van der Waals surface area (Å²) in [6.07, 6.45) is 3.93. The number of H-pyrrole nitrogens is 1. The number of nitrogens with one attached hydrogen (secondary N) is 3. The molecule has 5 N–H and O–H groups in total. The predicted molar refractivity (Wildman–Crippen MR) is 85.5 cm³/mol. The number of nitriles is 1. The van der Waals surface area contributed by atoms with Crippen LogP contribution in [-0.2, 0) is 17.6 Å². The van der Waals surface area contributed by atoms with E-state index in [2.05, 4.69) is 15.8 Å². The molecule has 2 aromatic heterocycles. The Hall–Kier alpha value is -2.53. The van der Waals surface area contributed by atoms with Crippen LogP contribution in [0, 0.1) is 11.3 Å². The van der Waals surface area contributed by atoms with Gasteiger partial charge in [-0.2, -0.15) is 5.26 Å². The summed E-state index contributed by atoms with van der Waals surface area (Å²) in [5, 5.41) is 9.33. The lowest BCUT2D eigenvalue weighted by Crippen LogP contribution is -2.32. The minimum absolute atomic E-state index is 0.116. The number of hydrazine groups is 1. The smallest absolute Gasteiger partial charge is 0.276 e. The van der Waals surface area contributed by atoms with Crippen molar-refractivity contribution in [2.45, 2.75) is 32.1 Å². The molecule has 114 valence electrons. The first-order valence-electron chi connectivity index (χ1n) is 6.99. The number of rotatable bonds is 3. The molecule has 2 heterocycles. The van der Waals surface area contributed by atoms with Gasteiger partial charge in [0.2, 0.25) is 0 Å². The lowest BCUT2D eigenvalue weighted by molar-refractivity contribution is -0.119. The van der Waals surface area contributed by atoms with Crippen LogP contribution in [0.1, 0.15) is 29.7 Å². The number of nitrogens with zero attached hydrogens (tertiary/aromatic N) is 1. The number of thiophene rings is 1. The zero-order valence-electron chi connectivity index (χ0n) is 11.8. The highest BCUT2D eigenvalue weighted by molar-refractivity contribution is 7.19. The number of fused-ring (bicyclic) bond motifs is 3. The maximum atomic E-state index is 12.1. The van der Waals surface area contributed by atoms with Crippen molar-refractivity contribution in [1.82, 2.24) is 10.4 Å². The number of aromatic nitrogens is 1. The molecule has 3 rings (SSSR count). The molecule has 0 saturated carbocycles. The van der Waals surface area contributed by atoms with Gasteiger partial charge in [-0.25, -0.2) is 0 Å². The Bertz CT molecular complexity index is 846. The number of aromatic amines is 1. The molecule has 7 nitrogen and oxygen atoms in total. The summed E-state index contributed by atoms with van der Waals surface area (Å²) >= 11 is 1.58. The number of carbonyl (C=O) groups excluding carboxylic acids is 1. The molecule has 1 amide bonds. The van der Waals surface area contributed by atoms with Gasteiger partial charge in [0.25, 0.3) is 11.5 Å². The van der Waals surface area contributed by atoms with Gasteiger partial charge in [0.1, 0.15) is 16.9 Å². The molecule has 1 aliphatic rings. The monoisotopic (exact) mass is 317 g/mol. The molecule has 0 aromatic carbocycles. The van der Waals surface area contributed by atoms with Crippen LogP contribution in [0.25, 0.3) is 10.2 Å². The highest BCUT2D eigenvalue weighted by Gasteiger charge is 2.21. The van der Waals surface area contributed by atoms with Gasteiger partial charge in [0.15, 0.2) is 0 Å². The number of anilines is 2. The summed E-state index contributed by atoms with van der Waals surface area (Å²) in [7, 11) is 0. The molecule has 2 aromatic rings. The van der Waals surface area contributed by atoms with Crippen molar-refractivity contribution in [3.8, 4) is 6.07 Å². The number of carbonyl (C=O) groups is 1. The van der Waals surface area contributed by atoms with Crippen LogP contribution in [-0.4, -0.2) is 10.9 Å². The van der Waals surface area contributed by atoms with Crippen LogP contribution in [0.15, 0.2) is 4.79 Å². The quantitative estimate of drug-likeness (QED) is 0.637. The van der Waals surface area contributed by atoms with Gasteiger partial charge in [-0.05, 0) is 31.2 Å². The fraction of sp³-hybridized carbons (Fsp3) is 0.357. The first kappa shape index (κ1) is 14.4. The summed E-state index contributed by atoms with van der Waals surface area (Å²) in [5.74, 6) is -0.520. The number of aryl methyl sites for hydroxylation is 2. The van der Waals surface area contributed by atoms with Crippen molar-refractivity contribution < 1.29 is 4.79 Å². The normalized spacial score (nSPS) is 13.4. The highest BCUT2D eigenvalue weighted by atomic mass is 32.1. The summed E-state index contributed by atoms with van der Waals surface area (Å²) < 4.78 is 0. The van der Waals surface area contributed by atoms with Crippen LogP contribution < -0.4 is 22.1 Å². The van der Waals surface area contributed by atoms with Crippen molar-refractivity contribution in [2.24, 2.45) is 0 Å². The number of pyridine rings is 1. The Balaban J connectivity index is 2.02. The molecule has 0 atom stereocenters. The fourth-order valence-corrected chi connectivity index (χ4v) is 4.02. The number of hydrogen-bond donors (Lipinski definition) is 4. The Morgan fingerprint density at radius 2 is 2.18 bits per heavy atom. The molecular formula is C14H15N5O2S. The van der Waals surface area contributed by atoms with E-state index in [4.69, 9.17) is 11.0 Å². The van der Waals surface area contributed by atoms with Gasteiger partial charge in [-0.15, -0.1) is 11.3 Å². The second-order valence-corrected chi connectivity index (χ2v) is 6.27. The fourth-order valence-electron chi connectivity index (χ4n) is 2.72. The highest BCUT2D eigenvalue weighted by Crippen LogP contribution is 2.39. The minimum Gasteiger partial charge on any atom is -0.396 e. The van der Waals surface area contributed by atoms with E-state index in [1.54, 1.807) is 17.4 Å². The number of nitrogen functional groups attached to an aromatic ring is 1. The number of hydrogen-bond acceptors (Lipinski definition) is 6. The lowest BCUT2D eigenvalue weighted by atomic mass is 9.96. The van der Waals surface area contributed by atoms with Crippen molar-refractivity contribution >= 4 is 38.8 Å². The van der Waals surface area contributed by atoms with Crippen LogP contribution in [0.4, 0.5) is 11.4 Å². The third-order valence-corrected chi connectivity index (χ3v) is 4.94. The molecule has 0 saturated heterocycles. The number of amides is 1. The second kappa shape index (κ2) is 5.69. The first-order chi connectivity index (χ1) is 10.6. The maximum Gasteiger partial charge on any atom is 0.276 e. The lowest BCUT2D eigenvalue weighted by Gasteiger charge is -2.13. The van der Waals surface area contributed by atoms with Gasteiger partial charge in [0, 0.05) is 10.3 Å². The summed E-state index contributed by atoms with van der Waals surface area (Å²) in [4.78, 5) is 28.3. The minimum atomic E-state index is -0.520. The van der Waals surface area contributed by atoms with Gasteiger partial charge in [-0.3, -0.25) is 20.4 Å². The zero-order valence-corrected chi connectivity index (χ0v) is 12.6. The molecular weight excluding hydrogens is 302 g/mol. The van der Waals surface area contributed by atoms with Crippen LogP contribution in [0.5, 0.6) is 0 Å². The summed E-state index contributed by atoms with van der Waals surface area (Å²) in [6, 6.07) is 1.73. The molecule has 22 heavy (non-hydrogen) atoms. The summed E-state index contributed by atoms with van der Waals surface area (Å²) in [5.41, 5.74) is 12.3. The van der Waals surface area contributed by atoms with E-state index in [9.17, 15) is 9.59 Å². The predicted octanol–water partition coefficient (Wildman–Crippen LogP) is 1.41. The standard InChI is InChI=1S/C14H15N5O2S/c15-6-5-9(20)18-19-12-11(16)10-7-3-1-2-4-8(7)22-14(10)17-13(12)21/h19H,1-5H2,(H,18,20)(H3,16,17,21). The van der Waals surface area contributed by atoms with E-state index in [1.165, 1.54) is 10.4 Å². The third-order valence-electron chi connectivity index (χ3n) is 3.73. The van der Waals surface area contributed by atoms with E-state index < -0.39 is 5.91 Å². The first-order valence-corrected chi connectivity index (χ1v) is 7.81. The SMILES string of the molecule is N#CCC(=O)NNc1c(N)c2c3c(sc2[nH]c1=O)CCCC3. The van der Waals surface area contributed by atoms with Gasteiger partial charge in [0.05, 0.1) is 11.8 Å². The van der Waals surface area contributed by atoms with Crippen molar-refractivity contribution in [1.29, 1.82) is 5.26 Å². The Kier molecular flexibility index (Phi) is 3.73. The van der Waals surface area contributed by atoms with Gasteiger partial charge >= 0.3 is 0 Å². The van der Waals surface area contributed by atoms with Crippen molar-refractivity contribution in [3.05, 3.63) is 20.8 Å². The number of nitrogens with two attached hydrogens (primary N) is 1. The zero-order chi connectivity index (χ0) is 15.7. The maximum absolute atomic E-state index is 12.1. The van der Waals surface area contributed by atoms with E-state index >= 15 is 0 Å². The molecule has 8 heteroatoms. The Morgan fingerprint density at radius 3 is 2.95 bits per heavy atom. The van der Waals surface area contributed by atoms with E-state index in [0.29, 0.717) is 5.69 Å². The van der Waals surface area contributed by atoms with Crippen molar-refractivity contribution in [3.63, 3.8) is 0 Å². The third kappa shape index (κ3) is 2.40. The van der Waals surface area contributed by atoms with E-state index in [-0.39, 0.29) is 17.7 Å². The molecule has 0 bridgehead atoms. The molecule has 1 aliphatic carbocycles. The van der Waals surface area contributed by atoms with Gasteiger partial charge < -0.3 is 10.7 Å².